The average Bonchev–Trinajstić information content (AvgIpc) is 3.16. The topological polar surface area (TPSA) is 88.5 Å². The number of thiazole rings is 1. The molecule has 1 saturated heterocycles. The van der Waals surface area contributed by atoms with Crippen LogP contribution in [0.3, 0.4) is 0 Å². The Bertz CT molecular complexity index is 751. The number of carboxylic acid groups (broad SMARTS) is 1. The van der Waals surface area contributed by atoms with Gasteiger partial charge in [0.05, 0.1) is 17.3 Å². The molecule has 1 fully saturated rings. The number of carboxylic acids is 1. The number of benzene rings is 1. The highest BCUT2D eigenvalue weighted by Gasteiger charge is 2.44. The van der Waals surface area contributed by atoms with Crippen molar-refractivity contribution in [3.05, 3.63) is 51.5 Å². The summed E-state index contributed by atoms with van der Waals surface area (Å²) in [4.78, 5) is 29.0. The predicted octanol–water partition coefficient (Wildman–Crippen LogP) is 2.02. The summed E-state index contributed by atoms with van der Waals surface area (Å²) >= 11 is 1.30. The third-order valence-electron chi connectivity index (χ3n) is 4.03. The third kappa shape index (κ3) is 3.32. The first-order valence-corrected chi connectivity index (χ1v) is 8.46. The molecule has 0 aliphatic carbocycles. The second-order valence-corrected chi connectivity index (χ2v) is 6.91. The second kappa shape index (κ2) is 6.70. The Hall–Kier alpha value is -2.25. The first kappa shape index (κ1) is 16.6. The van der Waals surface area contributed by atoms with Crippen molar-refractivity contribution >= 4 is 23.2 Å². The van der Waals surface area contributed by atoms with E-state index in [9.17, 15) is 14.7 Å². The summed E-state index contributed by atoms with van der Waals surface area (Å²) in [7, 11) is 0. The summed E-state index contributed by atoms with van der Waals surface area (Å²) in [6.07, 6.45) is 0.912. The Balaban J connectivity index is 1.77. The molecule has 1 unspecified atom stereocenters. The van der Waals surface area contributed by atoms with Crippen LogP contribution in [-0.4, -0.2) is 40.7 Å². The van der Waals surface area contributed by atoms with Crippen LogP contribution in [0.5, 0.6) is 0 Å². The van der Waals surface area contributed by atoms with Crippen molar-refractivity contribution in [1.29, 1.82) is 0 Å². The fourth-order valence-corrected chi connectivity index (χ4v) is 3.66. The van der Waals surface area contributed by atoms with Crippen LogP contribution in [0.2, 0.25) is 0 Å². The van der Waals surface area contributed by atoms with Gasteiger partial charge in [-0.15, -0.1) is 11.3 Å². The number of amides is 1. The minimum Gasteiger partial charge on any atom is -0.479 e. The Morgan fingerprint density at radius 2 is 2.12 bits per heavy atom. The van der Waals surface area contributed by atoms with Gasteiger partial charge < -0.3 is 15.2 Å². The largest absolute Gasteiger partial charge is 0.479 e. The fraction of sp³-hybridized carbons (Fsp3) is 0.353. The molecule has 0 radical (unpaired) electrons. The molecule has 1 atom stereocenters. The van der Waals surface area contributed by atoms with E-state index in [1.807, 2.05) is 30.3 Å². The number of nitrogens with one attached hydrogen (secondary N) is 1. The molecular formula is C17H18N2O4S. The van der Waals surface area contributed by atoms with Crippen molar-refractivity contribution in [3.8, 4) is 0 Å². The molecule has 1 aromatic carbocycles. The lowest BCUT2D eigenvalue weighted by Gasteiger charge is -2.23. The van der Waals surface area contributed by atoms with Gasteiger partial charge in [-0.3, -0.25) is 4.79 Å². The van der Waals surface area contributed by atoms with Gasteiger partial charge in [-0.2, -0.15) is 0 Å². The van der Waals surface area contributed by atoms with Gasteiger partial charge >= 0.3 is 5.97 Å². The number of rotatable bonds is 5. The van der Waals surface area contributed by atoms with E-state index >= 15 is 0 Å². The highest BCUT2D eigenvalue weighted by Crippen LogP contribution is 2.24. The third-order valence-corrected chi connectivity index (χ3v) is 5.19. The molecular weight excluding hydrogens is 328 g/mol. The van der Waals surface area contributed by atoms with E-state index < -0.39 is 17.4 Å². The molecule has 7 heteroatoms. The van der Waals surface area contributed by atoms with Gasteiger partial charge in [0.15, 0.2) is 5.54 Å². The standard InChI is InChI=1S/C17H18N2O4S/c1-11-14(15(20)19-17(16(21)22)7-8-23-10-17)24-13(18-11)9-12-5-3-2-4-6-12/h2-6H,7-10H2,1H3,(H,19,20)(H,21,22). The number of nitrogens with zero attached hydrogens (tertiary/aromatic N) is 1. The van der Waals surface area contributed by atoms with Crippen molar-refractivity contribution in [2.75, 3.05) is 13.2 Å². The Kier molecular flexibility index (Phi) is 4.64. The van der Waals surface area contributed by atoms with Gasteiger partial charge in [-0.25, -0.2) is 9.78 Å². The van der Waals surface area contributed by atoms with E-state index in [1.165, 1.54) is 11.3 Å². The van der Waals surface area contributed by atoms with E-state index in [1.54, 1.807) is 6.92 Å². The maximum atomic E-state index is 12.5. The molecule has 1 aromatic heterocycles. The molecule has 2 heterocycles. The molecule has 3 rings (SSSR count). The van der Waals surface area contributed by atoms with Crippen LogP contribution in [0.15, 0.2) is 30.3 Å². The molecule has 2 N–H and O–H groups in total. The zero-order chi connectivity index (χ0) is 17.2. The molecule has 1 amide bonds. The van der Waals surface area contributed by atoms with Gasteiger partial charge in [0, 0.05) is 19.4 Å². The Morgan fingerprint density at radius 1 is 1.38 bits per heavy atom. The van der Waals surface area contributed by atoms with Crippen LogP contribution < -0.4 is 5.32 Å². The molecule has 1 aliphatic rings. The average molecular weight is 346 g/mol. The lowest BCUT2D eigenvalue weighted by atomic mass is 9.99. The number of carbonyl (C=O) groups excluding carboxylic acids is 1. The number of ether oxygens (including phenoxy) is 1. The summed E-state index contributed by atoms with van der Waals surface area (Å²) < 4.78 is 5.17. The SMILES string of the molecule is Cc1nc(Cc2ccccc2)sc1C(=O)NC1(C(=O)O)CCOC1. The van der Waals surface area contributed by atoms with Gasteiger partial charge in [-0.05, 0) is 12.5 Å². The smallest absolute Gasteiger partial charge is 0.331 e. The van der Waals surface area contributed by atoms with Crippen molar-refractivity contribution in [1.82, 2.24) is 10.3 Å². The van der Waals surface area contributed by atoms with E-state index in [-0.39, 0.29) is 13.0 Å². The number of aromatic nitrogens is 1. The van der Waals surface area contributed by atoms with Crippen molar-refractivity contribution in [2.45, 2.75) is 25.3 Å². The normalized spacial score (nSPS) is 20.0. The number of aryl methyl sites for hydroxylation is 1. The van der Waals surface area contributed by atoms with E-state index in [0.717, 1.165) is 10.6 Å². The zero-order valence-electron chi connectivity index (χ0n) is 13.2. The van der Waals surface area contributed by atoms with Gasteiger partial charge in [0.2, 0.25) is 0 Å². The quantitative estimate of drug-likeness (QED) is 0.865. The molecule has 126 valence electrons. The van der Waals surface area contributed by atoms with Crippen molar-refractivity contribution in [2.24, 2.45) is 0 Å². The molecule has 2 aromatic rings. The van der Waals surface area contributed by atoms with Crippen LogP contribution in [0.25, 0.3) is 0 Å². The van der Waals surface area contributed by atoms with Gasteiger partial charge in [-0.1, -0.05) is 30.3 Å². The summed E-state index contributed by atoms with van der Waals surface area (Å²) in [5, 5.41) is 12.9. The van der Waals surface area contributed by atoms with Crippen LogP contribution >= 0.6 is 11.3 Å². The van der Waals surface area contributed by atoms with Crippen LogP contribution in [-0.2, 0) is 16.0 Å². The molecule has 0 bridgehead atoms. The predicted molar refractivity (Wildman–Crippen MR) is 89.4 cm³/mol. The number of carbonyl (C=O) groups is 2. The first-order valence-electron chi connectivity index (χ1n) is 7.64. The zero-order valence-corrected chi connectivity index (χ0v) is 14.1. The number of hydrogen-bond acceptors (Lipinski definition) is 5. The second-order valence-electron chi connectivity index (χ2n) is 5.83. The molecule has 1 aliphatic heterocycles. The summed E-state index contributed by atoms with van der Waals surface area (Å²) in [5.41, 5.74) is 0.389. The van der Waals surface area contributed by atoms with Gasteiger partial charge in [0.1, 0.15) is 4.88 Å². The maximum Gasteiger partial charge on any atom is 0.331 e. The molecule has 24 heavy (non-hydrogen) atoms. The van der Waals surface area contributed by atoms with Gasteiger partial charge in [0.25, 0.3) is 5.91 Å². The minimum atomic E-state index is -1.34. The Labute approximate surface area is 143 Å². The van der Waals surface area contributed by atoms with E-state index in [0.29, 0.717) is 23.6 Å². The summed E-state index contributed by atoms with van der Waals surface area (Å²) in [6.45, 7) is 2.08. The minimum absolute atomic E-state index is 0.0111. The van der Waals surface area contributed by atoms with Crippen molar-refractivity contribution < 1.29 is 19.4 Å². The lowest BCUT2D eigenvalue weighted by Crippen LogP contribution is -2.55. The number of aliphatic carboxylic acids is 1. The molecule has 6 nitrogen and oxygen atoms in total. The first-order chi connectivity index (χ1) is 11.5. The van der Waals surface area contributed by atoms with Crippen LogP contribution in [0, 0.1) is 6.92 Å². The lowest BCUT2D eigenvalue weighted by molar-refractivity contribution is -0.144. The van der Waals surface area contributed by atoms with Crippen LogP contribution in [0.1, 0.15) is 32.4 Å². The Morgan fingerprint density at radius 3 is 2.75 bits per heavy atom. The summed E-state index contributed by atoms with van der Waals surface area (Å²) in [5.74, 6) is -1.47. The number of hydrogen-bond donors (Lipinski definition) is 2. The van der Waals surface area contributed by atoms with Crippen LogP contribution in [0.4, 0.5) is 0 Å². The monoisotopic (exact) mass is 346 g/mol. The van der Waals surface area contributed by atoms with E-state index in [4.69, 9.17) is 4.74 Å². The highest BCUT2D eigenvalue weighted by atomic mass is 32.1. The summed E-state index contributed by atoms with van der Waals surface area (Å²) in [6, 6.07) is 9.88. The molecule has 0 saturated carbocycles. The fourth-order valence-electron chi connectivity index (χ4n) is 2.67. The van der Waals surface area contributed by atoms with Crippen molar-refractivity contribution in [3.63, 3.8) is 0 Å². The maximum absolute atomic E-state index is 12.5. The molecule has 0 spiro atoms. The van der Waals surface area contributed by atoms with E-state index in [2.05, 4.69) is 10.3 Å². The highest BCUT2D eigenvalue weighted by molar-refractivity contribution is 7.13.